The minimum Gasteiger partial charge on any atom is -0.507 e. The smallest absolute Gasteiger partial charge is 0.295 e. The van der Waals surface area contributed by atoms with Gasteiger partial charge in [0.05, 0.1) is 24.3 Å². The summed E-state index contributed by atoms with van der Waals surface area (Å²) in [6.45, 7) is 1.06. The van der Waals surface area contributed by atoms with Gasteiger partial charge >= 0.3 is 0 Å². The molecule has 1 heterocycles. The van der Waals surface area contributed by atoms with Gasteiger partial charge in [-0.1, -0.05) is 23.7 Å². The SMILES string of the molecule is COc1ccc([C@@H]2C(=C(O)c3cc(Cl)ccc3O)C(=O)C(=O)N2CCCN(C)C)cc1. The van der Waals surface area contributed by atoms with Gasteiger partial charge in [0.25, 0.3) is 11.7 Å². The van der Waals surface area contributed by atoms with Crippen molar-refractivity contribution in [2.24, 2.45) is 0 Å². The van der Waals surface area contributed by atoms with E-state index >= 15 is 0 Å². The minimum absolute atomic E-state index is 0.00250. The Balaban J connectivity index is 2.13. The summed E-state index contributed by atoms with van der Waals surface area (Å²) in [5.41, 5.74) is 0.558. The van der Waals surface area contributed by atoms with Crippen LogP contribution in [0.15, 0.2) is 48.0 Å². The monoisotopic (exact) mass is 444 g/mol. The van der Waals surface area contributed by atoms with Crippen LogP contribution in [-0.4, -0.2) is 66.0 Å². The number of phenolic OH excluding ortho intramolecular Hbond substituents is 1. The number of amides is 1. The van der Waals surface area contributed by atoms with Crippen molar-refractivity contribution in [3.8, 4) is 11.5 Å². The second kappa shape index (κ2) is 9.41. The molecule has 0 aromatic heterocycles. The summed E-state index contributed by atoms with van der Waals surface area (Å²) in [4.78, 5) is 29.3. The molecule has 0 unspecified atom stereocenters. The van der Waals surface area contributed by atoms with Crippen LogP contribution in [0.1, 0.15) is 23.6 Å². The van der Waals surface area contributed by atoms with Crippen molar-refractivity contribution >= 4 is 29.1 Å². The molecule has 1 aliphatic rings. The van der Waals surface area contributed by atoms with Crippen LogP contribution in [0.2, 0.25) is 5.02 Å². The zero-order valence-electron chi connectivity index (χ0n) is 17.6. The van der Waals surface area contributed by atoms with E-state index in [0.717, 1.165) is 6.54 Å². The molecule has 1 fully saturated rings. The first-order valence-electron chi connectivity index (χ1n) is 9.80. The number of aliphatic hydroxyl groups excluding tert-OH is 1. The predicted molar refractivity (Wildman–Crippen MR) is 118 cm³/mol. The second-order valence-corrected chi connectivity index (χ2v) is 8.02. The van der Waals surface area contributed by atoms with E-state index in [9.17, 15) is 19.8 Å². The Hall–Kier alpha value is -3.03. The first-order valence-corrected chi connectivity index (χ1v) is 10.2. The van der Waals surface area contributed by atoms with Crippen molar-refractivity contribution in [1.82, 2.24) is 9.80 Å². The molecule has 3 rings (SSSR count). The van der Waals surface area contributed by atoms with Gasteiger partial charge in [-0.3, -0.25) is 9.59 Å². The van der Waals surface area contributed by atoms with Gasteiger partial charge in [0, 0.05) is 11.6 Å². The van der Waals surface area contributed by atoms with Gasteiger partial charge in [0.15, 0.2) is 0 Å². The molecule has 7 nitrogen and oxygen atoms in total. The highest BCUT2D eigenvalue weighted by molar-refractivity contribution is 6.46. The largest absolute Gasteiger partial charge is 0.507 e. The summed E-state index contributed by atoms with van der Waals surface area (Å²) in [5.74, 6) is -1.57. The van der Waals surface area contributed by atoms with Crippen LogP contribution < -0.4 is 4.74 Å². The lowest BCUT2D eigenvalue weighted by atomic mass is 9.95. The Kier molecular flexibility index (Phi) is 6.87. The molecule has 2 N–H and O–H groups in total. The summed E-state index contributed by atoms with van der Waals surface area (Å²) >= 11 is 6.02. The lowest BCUT2D eigenvalue weighted by Gasteiger charge is -2.26. The highest BCUT2D eigenvalue weighted by Crippen LogP contribution is 2.41. The van der Waals surface area contributed by atoms with E-state index in [-0.39, 0.29) is 21.9 Å². The zero-order chi connectivity index (χ0) is 22.7. The Labute approximate surface area is 186 Å². The van der Waals surface area contributed by atoms with E-state index < -0.39 is 23.5 Å². The number of phenols is 1. The molecular weight excluding hydrogens is 420 g/mol. The lowest BCUT2D eigenvalue weighted by molar-refractivity contribution is -0.139. The van der Waals surface area contributed by atoms with Crippen LogP contribution in [-0.2, 0) is 9.59 Å². The molecule has 31 heavy (non-hydrogen) atoms. The number of likely N-dealkylation sites (tertiary alicyclic amines) is 1. The third-order valence-corrected chi connectivity index (χ3v) is 5.42. The van der Waals surface area contributed by atoms with Crippen LogP contribution in [0.3, 0.4) is 0 Å². The fraction of sp³-hybridized carbons (Fsp3) is 0.304. The maximum atomic E-state index is 13.0. The van der Waals surface area contributed by atoms with Crippen molar-refractivity contribution < 1.29 is 24.5 Å². The van der Waals surface area contributed by atoms with Crippen LogP contribution in [0, 0.1) is 0 Å². The number of aromatic hydroxyl groups is 1. The normalized spacial score (nSPS) is 18.1. The third-order valence-electron chi connectivity index (χ3n) is 5.19. The van der Waals surface area contributed by atoms with Gasteiger partial charge < -0.3 is 24.7 Å². The number of rotatable bonds is 7. The molecule has 2 aromatic rings. The summed E-state index contributed by atoms with van der Waals surface area (Å²) in [6.07, 6.45) is 0.648. The molecule has 1 amide bonds. The molecule has 0 spiro atoms. The number of hydrogen-bond acceptors (Lipinski definition) is 6. The topological polar surface area (TPSA) is 90.3 Å². The van der Waals surface area contributed by atoms with Gasteiger partial charge in [-0.2, -0.15) is 0 Å². The highest BCUT2D eigenvalue weighted by Gasteiger charge is 2.46. The number of methoxy groups -OCH3 is 1. The number of hydrogen-bond donors (Lipinski definition) is 2. The summed E-state index contributed by atoms with van der Waals surface area (Å²) < 4.78 is 5.20. The van der Waals surface area contributed by atoms with Crippen LogP contribution in [0.5, 0.6) is 11.5 Å². The lowest BCUT2D eigenvalue weighted by Crippen LogP contribution is -2.32. The van der Waals surface area contributed by atoms with Gasteiger partial charge in [-0.25, -0.2) is 0 Å². The molecule has 1 aliphatic heterocycles. The molecule has 8 heteroatoms. The van der Waals surface area contributed by atoms with E-state index in [1.165, 1.54) is 23.1 Å². The highest BCUT2D eigenvalue weighted by atomic mass is 35.5. The maximum Gasteiger partial charge on any atom is 0.295 e. The van der Waals surface area contributed by atoms with Crippen LogP contribution in [0.25, 0.3) is 5.76 Å². The average molecular weight is 445 g/mol. The number of halogens is 1. The summed E-state index contributed by atoms with van der Waals surface area (Å²) in [6, 6.07) is 10.3. The number of ether oxygens (including phenoxy) is 1. The van der Waals surface area contributed by atoms with E-state index in [1.54, 1.807) is 31.4 Å². The van der Waals surface area contributed by atoms with E-state index in [1.807, 2.05) is 19.0 Å². The molecule has 2 aromatic carbocycles. The van der Waals surface area contributed by atoms with Crippen molar-refractivity contribution in [3.63, 3.8) is 0 Å². The number of aliphatic hydroxyl groups is 1. The number of carbonyl (C=O) groups excluding carboxylic acids is 2. The molecule has 1 saturated heterocycles. The van der Waals surface area contributed by atoms with Crippen molar-refractivity contribution in [2.75, 3.05) is 34.3 Å². The average Bonchev–Trinajstić information content (AvgIpc) is 2.99. The van der Waals surface area contributed by atoms with Crippen molar-refractivity contribution in [1.29, 1.82) is 0 Å². The maximum absolute atomic E-state index is 13.0. The summed E-state index contributed by atoms with van der Waals surface area (Å²) in [7, 11) is 5.40. The van der Waals surface area contributed by atoms with Gasteiger partial charge in [-0.15, -0.1) is 0 Å². The fourth-order valence-corrected chi connectivity index (χ4v) is 3.82. The second-order valence-electron chi connectivity index (χ2n) is 7.58. The molecule has 0 saturated carbocycles. The quantitative estimate of drug-likeness (QED) is 0.386. The first-order chi connectivity index (χ1) is 14.7. The zero-order valence-corrected chi connectivity index (χ0v) is 18.4. The van der Waals surface area contributed by atoms with Gasteiger partial charge in [0.1, 0.15) is 17.3 Å². The number of benzene rings is 2. The predicted octanol–water partition coefficient (Wildman–Crippen LogP) is 3.43. The Morgan fingerprint density at radius 3 is 2.45 bits per heavy atom. The molecule has 0 bridgehead atoms. The Morgan fingerprint density at radius 1 is 1.16 bits per heavy atom. The van der Waals surface area contributed by atoms with E-state index in [0.29, 0.717) is 24.3 Å². The van der Waals surface area contributed by atoms with Crippen LogP contribution >= 0.6 is 11.6 Å². The molecular formula is C23H25ClN2O5. The fourth-order valence-electron chi connectivity index (χ4n) is 3.64. The van der Waals surface area contributed by atoms with Crippen LogP contribution in [0.4, 0.5) is 0 Å². The minimum atomic E-state index is -0.803. The van der Waals surface area contributed by atoms with E-state index in [2.05, 4.69) is 0 Å². The number of Topliss-reactive ketones (excluding diaryl/α,β-unsaturated/α-hetero) is 1. The number of carbonyl (C=O) groups is 2. The van der Waals surface area contributed by atoms with Gasteiger partial charge in [-0.05, 0) is 63.0 Å². The first kappa shape index (κ1) is 22.7. The Morgan fingerprint density at radius 2 is 1.84 bits per heavy atom. The third kappa shape index (κ3) is 4.68. The number of nitrogens with zero attached hydrogens (tertiary/aromatic N) is 2. The standard InChI is InChI=1S/C23H25ClN2O5/c1-25(2)11-4-12-26-20(14-5-8-16(31-3)9-6-14)19(22(29)23(26)30)21(28)17-13-15(24)7-10-18(17)27/h5-10,13,20,27-28H,4,11-12H2,1-3H3/t20-/m1/s1. The van der Waals surface area contributed by atoms with E-state index in [4.69, 9.17) is 16.3 Å². The number of ketones is 1. The molecule has 0 aliphatic carbocycles. The van der Waals surface area contributed by atoms with Gasteiger partial charge in [0.2, 0.25) is 0 Å². The Bertz CT molecular complexity index is 1020. The van der Waals surface area contributed by atoms with Crippen molar-refractivity contribution in [3.05, 3.63) is 64.2 Å². The van der Waals surface area contributed by atoms with Crippen molar-refractivity contribution in [2.45, 2.75) is 12.5 Å². The summed E-state index contributed by atoms with van der Waals surface area (Å²) in [5, 5.41) is 21.5. The molecule has 164 valence electrons. The molecule has 1 atom stereocenters. The molecule has 0 radical (unpaired) electrons.